The van der Waals surface area contributed by atoms with Crippen molar-refractivity contribution in [3.05, 3.63) is 66.0 Å². The van der Waals surface area contributed by atoms with Crippen molar-refractivity contribution in [2.75, 3.05) is 13.7 Å². The summed E-state index contributed by atoms with van der Waals surface area (Å²) in [6, 6.07) is 14.5. The Balaban J connectivity index is 2.12. The highest BCUT2D eigenvalue weighted by Crippen LogP contribution is 2.23. The Kier molecular flexibility index (Phi) is 8.88. The number of aliphatic hydroxyl groups is 1. The number of aliphatic hydroxyl groups excluding tert-OH is 1. The van der Waals surface area contributed by atoms with Crippen LogP contribution < -0.4 is 4.72 Å². The molecule has 0 bridgehead atoms. The summed E-state index contributed by atoms with van der Waals surface area (Å²) in [7, 11) is 1.55. The predicted molar refractivity (Wildman–Crippen MR) is 111 cm³/mol. The number of benzene rings is 1. The Labute approximate surface area is 170 Å². The third-order valence-corrected chi connectivity index (χ3v) is 5.83. The Morgan fingerprint density at radius 2 is 1.82 bits per heavy atom. The van der Waals surface area contributed by atoms with E-state index in [4.69, 9.17) is 9.47 Å². The Morgan fingerprint density at radius 1 is 1.14 bits per heavy atom. The molecule has 0 amide bonds. The zero-order valence-corrected chi connectivity index (χ0v) is 17.7. The molecule has 1 heterocycles. The van der Waals surface area contributed by atoms with Gasteiger partial charge in [0, 0.05) is 24.7 Å². The summed E-state index contributed by atoms with van der Waals surface area (Å²) < 4.78 is 26.6. The van der Waals surface area contributed by atoms with Crippen molar-refractivity contribution in [1.82, 2.24) is 9.71 Å². The van der Waals surface area contributed by atoms with Crippen molar-refractivity contribution < 1.29 is 19.1 Å². The van der Waals surface area contributed by atoms with Gasteiger partial charge >= 0.3 is 0 Å². The van der Waals surface area contributed by atoms with Gasteiger partial charge in [-0.2, -0.15) is 0 Å². The molecule has 0 spiro atoms. The normalized spacial score (nSPS) is 16.4. The van der Waals surface area contributed by atoms with Crippen molar-refractivity contribution in [3.63, 3.8) is 0 Å². The van der Waals surface area contributed by atoms with Crippen LogP contribution in [0.15, 0.2) is 54.7 Å². The van der Waals surface area contributed by atoms with E-state index in [1.807, 2.05) is 51.1 Å². The summed E-state index contributed by atoms with van der Waals surface area (Å²) in [5.41, 5.74) is 1.53. The zero-order chi connectivity index (χ0) is 20.6. The standard InChI is InChI=1S/C21H30N2O4S/c1-21(2,3)28(25)23-19(20(24)17-12-8-9-13-22-17)18(26-4)15-27-14-16-10-6-5-7-11-16/h5-13,18-20,23-24H,14-15H2,1-4H3/t18-,19+,20?,28?/m1/s1. The van der Waals surface area contributed by atoms with Crippen LogP contribution in [0.3, 0.4) is 0 Å². The molecule has 28 heavy (non-hydrogen) atoms. The summed E-state index contributed by atoms with van der Waals surface area (Å²) in [6.45, 7) is 6.26. The van der Waals surface area contributed by atoms with E-state index < -0.39 is 34.4 Å². The topological polar surface area (TPSA) is 86.7 Å². The number of ether oxygens (including phenoxy) is 2. The van der Waals surface area contributed by atoms with Crippen LogP contribution in [0.5, 0.6) is 0 Å². The van der Waals surface area contributed by atoms with Crippen LogP contribution in [0.1, 0.15) is 38.1 Å². The van der Waals surface area contributed by atoms with E-state index in [-0.39, 0.29) is 6.61 Å². The summed E-state index contributed by atoms with van der Waals surface area (Å²) >= 11 is -1.40. The molecule has 1 aromatic heterocycles. The summed E-state index contributed by atoms with van der Waals surface area (Å²) in [4.78, 5) is 4.23. The molecule has 0 saturated carbocycles. The lowest BCUT2D eigenvalue weighted by atomic mass is 10.0. The van der Waals surface area contributed by atoms with Crippen LogP contribution >= 0.6 is 0 Å². The van der Waals surface area contributed by atoms with Gasteiger partial charge in [-0.05, 0) is 38.5 Å². The van der Waals surface area contributed by atoms with Crippen molar-refractivity contribution in [3.8, 4) is 0 Å². The molecule has 0 aliphatic heterocycles. The molecule has 1 aromatic carbocycles. The molecule has 7 heteroatoms. The molecule has 0 radical (unpaired) electrons. The van der Waals surface area contributed by atoms with E-state index in [0.29, 0.717) is 12.3 Å². The average molecular weight is 407 g/mol. The molecule has 2 unspecified atom stereocenters. The first-order valence-electron chi connectivity index (χ1n) is 9.24. The lowest BCUT2D eigenvalue weighted by molar-refractivity contribution is -0.0414. The van der Waals surface area contributed by atoms with E-state index in [2.05, 4.69) is 9.71 Å². The second-order valence-electron chi connectivity index (χ2n) is 7.50. The van der Waals surface area contributed by atoms with E-state index in [1.54, 1.807) is 31.5 Å². The van der Waals surface area contributed by atoms with Crippen molar-refractivity contribution in [2.45, 2.75) is 50.4 Å². The van der Waals surface area contributed by atoms with Gasteiger partial charge in [-0.15, -0.1) is 4.72 Å². The Hall–Kier alpha value is -1.48. The van der Waals surface area contributed by atoms with Gasteiger partial charge < -0.3 is 19.1 Å². The van der Waals surface area contributed by atoms with Gasteiger partial charge in [-0.25, -0.2) is 0 Å². The molecule has 2 N–H and O–H groups in total. The number of methoxy groups -OCH3 is 1. The van der Waals surface area contributed by atoms with Gasteiger partial charge in [0.15, 0.2) is 0 Å². The number of nitrogens with zero attached hydrogens (tertiary/aromatic N) is 1. The van der Waals surface area contributed by atoms with Gasteiger partial charge in [0.05, 0.1) is 18.9 Å². The molecule has 0 fully saturated rings. The van der Waals surface area contributed by atoms with E-state index in [1.165, 1.54) is 0 Å². The van der Waals surface area contributed by atoms with E-state index in [9.17, 15) is 9.66 Å². The van der Waals surface area contributed by atoms with Gasteiger partial charge in [-0.3, -0.25) is 4.98 Å². The smallest absolute Gasteiger partial charge is 0.136 e. The molecule has 4 atom stereocenters. The SMILES string of the molecule is CO[C@H](COCc1ccccc1)[C@H](N[S+]([O-])C(C)(C)C)C(O)c1ccccn1. The van der Waals surface area contributed by atoms with E-state index >= 15 is 0 Å². The van der Waals surface area contributed by atoms with Crippen LogP contribution in [0.2, 0.25) is 0 Å². The molecule has 154 valence electrons. The maximum Gasteiger partial charge on any atom is 0.136 e. The quantitative estimate of drug-likeness (QED) is 0.590. The first kappa shape index (κ1) is 22.8. The number of pyridine rings is 1. The second-order valence-corrected chi connectivity index (χ2v) is 9.50. The van der Waals surface area contributed by atoms with Crippen LogP contribution in [-0.4, -0.2) is 45.3 Å². The molecule has 0 aliphatic rings. The minimum Gasteiger partial charge on any atom is -0.598 e. The largest absolute Gasteiger partial charge is 0.598 e. The first-order chi connectivity index (χ1) is 13.3. The number of aromatic nitrogens is 1. The highest BCUT2D eigenvalue weighted by Gasteiger charge is 2.38. The average Bonchev–Trinajstić information content (AvgIpc) is 2.70. The molecular weight excluding hydrogens is 376 g/mol. The van der Waals surface area contributed by atoms with Crippen LogP contribution in [0, 0.1) is 0 Å². The lowest BCUT2D eigenvalue weighted by Crippen LogP contribution is -2.53. The fourth-order valence-corrected chi connectivity index (χ4v) is 3.45. The highest BCUT2D eigenvalue weighted by atomic mass is 32.2. The number of hydrogen-bond donors (Lipinski definition) is 2. The zero-order valence-electron chi connectivity index (χ0n) is 16.9. The second kappa shape index (κ2) is 10.9. The van der Waals surface area contributed by atoms with Crippen molar-refractivity contribution in [2.24, 2.45) is 0 Å². The maximum absolute atomic E-state index is 12.7. The molecule has 6 nitrogen and oxygen atoms in total. The molecule has 2 aromatic rings. The molecular formula is C21H30N2O4S. The van der Waals surface area contributed by atoms with Gasteiger partial charge in [-0.1, -0.05) is 36.4 Å². The maximum atomic E-state index is 12.7. The molecule has 2 rings (SSSR count). The minimum absolute atomic E-state index is 0.230. The lowest BCUT2D eigenvalue weighted by Gasteiger charge is -2.33. The highest BCUT2D eigenvalue weighted by molar-refractivity contribution is 7.90. The van der Waals surface area contributed by atoms with E-state index in [0.717, 1.165) is 5.56 Å². The summed E-state index contributed by atoms with van der Waals surface area (Å²) in [5.74, 6) is 0. The third kappa shape index (κ3) is 6.84. The number of nitrogens with one attached hydrogen (secondary N) is 1. The van der Waals surface area contributed by atoms with Gasteiger partial charge in [0.2, 0.25) is 0 Å². The number of hydrogen-bond acceptors (Lipinski definition) is 6. The fraction of sp³-hybridized carbons (Fsp3) is 0.476. The van der Waals surface area contributed by atoms with Crippen LogP contribution in [0.25, 0.3) is 0 Å². The molecule has 0 aliphatic carbocycles. The fourth-order valence-electron chi connectivity index (χ4n) is 2.56. The molecule has 0 saturated heterocycles. The Morgan fingerprint density at radius 3 is 2.39 bits per heavy atom. The van der Waals surface area contributed by atoms with Crippen LogP contribution in [0.4, 0.5) is 0 Å². The predicted octanol–water partition coefficient (Wildman–Crippen LogP) is 2.77. The monoisotopic (exact) mass is 406 g/mol. The Bertz CT molecular complexity index is 682. The summed E-state index contributed by atoms with van der Waals surface area (Å²) in [6.07, 6.45) is 0.0918. The number of rotatable bonds is 10. The van der Waals surface area contributed by atoms with Crippen LogP contribution in [-0.2, 0) is 27.4 Å². The third-order valence-electron chi connectivity index (χ3n) is 4.23. The van der Waals surface area contributed by atoms with Gasteiger partial charge in [0.1, 0.15) is 23.0 Å². The minimum atomic E-state index is -1.40. The van der Waals surface area contributed by atoms with Crippen molar-refractivity contribution in [1.29, 1.82) is 0 Å². The van der Waals surface area contributed by atoms with Gasteiger partial charge in [0.25, 0.3) is 0 Å². The van der Waals surface area contributed by atoms with Crippen molar-refractivity contribution >= 4 is 11.4 Å². The first-order valence-corrected chi connectivity index (χ1v) is 10.4. The summed E-state index contributed by atoms with van der Waals surface area (Å²) in [5, 5.41) is 10.9.